The Hall–Kier alpha value is -2.97. The van der Waals surface area contributed by atoms with E-state index in [-0.39, 0.29) is 18.0 Å². The fraction of sp³-hybridized carbons (Fsp3) is 0.471. The highest BCUT2D eigenvalue weighted by Gasteiger charge is 2.38. The maximum absolute atomic E-state index is 12.4. The Kier molecular flexibility index (Phi) is 4.51. The summed E-state index contributed by atoms with van der Waals surface area (Å²) in [5, 5.41) is 3.94. The van der Waals surface area contributed by atoms with Crippen LogP contribution in [-0.2, 0) is 16.0 Å². The molecule has 2 aliphatic rings. The number of nitrogens with zero attached hydrogens (tertiary/aromatic N) is 5. The zero-order valence-electron chi connectivity index (χ0n) is 14.2. The van der Waals surface area contributed by atoms with Crippen LogP contribution in [0, 0.1) is 0 Å². The van der Waals surface area contributed by atoms with Crippen LogP contribution in [0.25, 0.3) is 11.4 Å². The van der Waals surface area contributed by atoms with Gasteiger partial charge in [0.1, 0.15) is 6.61 Å². The minimum Gasteiger partial charge on any atom is -0.447 e. The fourth-order valence-electron chi connectivity index (χ4n) is 3.23. The largest absolute Gasteiger partial charge is 0.447 e. The van der Waals surface area contributed by atoms with Gasteiger partial charge in [0.15, 0.2) is 0 Å². The molecule has 2 aromatic rings. The minimum absolute atomic E-state index is 0.0156. The highest BCUT2D eigenvalue weighted by Crippen LogP contribution is 2.19. The predicted molar refractivity (Wildman–Crippen MR) is 88.9 cm³/mol. The first-order chi connectivity index (χ1) is 12.7. The summed E-state index contributed by atoms with van der Waals surface area (Å²) in [4.78, 5) is 35.8. The molecule has 9 nitrogen and oxygen atoms in total. The van der Waals surface area contributed by atoms with Gasteiger partial charge in [-0.2, -0.15) is 4.98 Å². The topological polar surface area (TPSA) is 102 Å². The number of hydrogen-bond acceptors (Lipinski definition) is 7. The van der Waals surface area contributed by atoms with Crippen LogP contribution in [0.2, 0.25) is 0 Å². The molecule has 4 rings (SSSR count). The summed E-state index contributed by atoms with van der Waals surface area (Å²) < 4.78 is 10.3. The number of aromatic nitrogens is 3. The molecule has 0 unspecified atom stereocenters. The van der Waals surface area contributed by atoms with Gasteiger partial charge in [0.05, 0.1) is 6.04 Å². The van der Waals surface area contributed by atoms with Gasteiger partial charge in [0.25, 0.3) is 0 Å². The van der Waals surface area contributed by atoms with E-state index in [2.05, 4.69) is 15.1 Å². The van der Waals surface area contributed by atoms with Crippen LogP contribution in [0.1, 0.15) is 18.7 Å². The number of cyclic esters (lactones) is 1. The second kappa shape index (κ2) is 7.11. The lowest BCUT2D eigenvalue weighted by molar-refractivity contribution is -0.133. The van der Waals surface area contributed by atoms with E-state index in [1.54, 1.807) is 22.2 Å². The highest BCUT2D eigenvalue weighted by atomic mass is 16.6. The molecule has 0 saturated carbocycles. The fourth-order valence-corrected chi connectivity index (χ4v) is 3.23. The average Bonchev–Trinajstić information content (AvgIpc) is 3.29. The van der Waals surface area contributed by atoms with Crippen LogP contribution < -0.4 is 0 Å². The second-order valence-electron chi connectivity index (χ2n) is 6.37. The molecule has 0 radical (unpaired) electrons. The summed E-state index contributed by atoms with van der Waals surface area (Å²) in [5.74, 6) is 1.09. The Morgan fingerprint density at radius 1 is 1.35 bits per heavy atom. The molecule has 2 saturated heterocycles. The third kappa shape index (κ3) is 3.37. The van der Waals surface area contributed by atoms with Gasteiger partial charge < -0.3 is 14.2 Å². The number of hydrogen-bond donors (Lipinski definition) is 0. The molecule has 4 heterocycles. The molecule has 2 aliphatic heterocycles. The van der Waals surface area contributed by atoms with Crippen molar-refractivity contribution in [2.24, 2.45) is 0 Å². The van der Waals surface area contributed by atoms with E-state index in [4.69, 9.17) is 9.26 Å². The van der Waals surface area contributed by atoms with Gasteiger partial charge in [-0.1, -0.05) is 5.16 Å². The molecule has 136 valence electrons. The van der Waals surface area contributed by atoms with E-state index < -0.39 is 0 Å². The summed E-state index contributed by atoms with van der Waals surface area (Å²) in [6, 6.07) is 3.66. The van der Waals surface area contributed by atoms with Crippen LogP contribution in [-0.4, -0.2) is 69.2 Å². The molecule has 2 aromatic heterocycles. The van der Waals surface area contributed by atoms with Crippen molar-refractivity contribution in [2.45, 2.75) is 25.3 Å². The number of carbonyl (C=O) groups excluding carboxylic acids is 2. The molecular formula is C17H19N5O4. The molecule has 2 fully saturated rings. The summed E-state index contributed by atoms with van der Waals surface area (Å²) in [7, 11) is 0. The number of ether oxygens (including phenoxy) is 1. The third-order valence-electron chi connectivity index (χ3n) is 4.64. The van der Waals surface area contributed by atoms with Crippen molar-refractivity contribution in [3.05, 3.63) is 30.4 Å². The number of pyridine rings is 1. The van der Waals surface area contributed by atoms with Crippen LogP contribution in [0.4, 0.5) is 4.79 Å². The molecule has 1 atom stereocenters. The monoisotopic (exact) mass is 357 g/mol. The molecule has 0 bridgehead atoms. The van der Waals surface area contributed by atoms with E-state index in [1.807, 2.05) is 12.1 Å². The van der Waals surface area contributed by atoms with E-state index in [9.17, 15) is 9.59 Å². The summed E-state index contributed by atoms with van der Waals surface area (Å²) in [6.07, 6.45) is 4.67. The molecule has 2 amide bonds. The van der Waals surface area contributed by atoms with Crippen molar-refractivity contribution >= 4 is 12.0 Å². The molecule has 9 heteroatoms. The van der Waals surface area contributed by atoms with E-state index in [1.165, 1.54) is 0 Å². The van der Waals surface area contributed by atoms with Gasteiger partial charge in [-0.05, 0) is 18.6 Å². The number of rotatable bonds is 5. The number of carbonyl (C=O) groups is 2. The van der Waals surface area contributed by atoms with Gasteiger partial charge in [-0.25, -0.2) is 4.79 Å². The van der Waals surface area contributed by atoms with E-state index in [0.717, 1.165) is 5.56 Å². The zero-order chi connectivity index (χ0) is 17.9. The molecular weight excluding hydrogens is 338 g/mol. The SMILES string of the molecule is O=C(CCCc1nc(-c2cccnc2)no1)N1CCN2C(=O)OC[C@H]2C1. The van der Waals surface area contributed by atoms with Crippen molar-refractivity contribution in [2.75, 3.05) is 26.2 Å². The Morgan fingerprint density at radius 2 is 2.27 bits per heavy atom. The Balaban J connectivity index is 1.25. The standard InChI is InChI=1S/C17H19N5O4/c23-15(21-7-8-22-13(10-21)11-25-17(22)24)5-1-4-14-19-16(20-26-14)12-3-2-6-18-9-12/h2-3,6,9,13H,1,4-5,7-8,10-11H2/t13-/m1/s1. The van der Waals surface area contributed by atoms with Gasteiger partial charge in [0, 0.05) is 50.4 Å². The quantitative estimate of drug-likeness (QED) is 0.790. The first-order valence-corrected chi connectivity index (χ1v) is 8.65. The lowest BCUT2D eigenvalue weighted by atomic mass is 10.1. The third-order valence-corrected chi connectivity index (χ3v) is 4.64. The Bertz CT molecular complexity index is 793. The number of amides is 2. The van der Waals surface area contributed by atoms with Crippen LogP contribution in [0.15, 0.2) is 29.0 Å². The normalized spacial score (nSPS) is 19.4. The second-order valence-corrected chi connectivity index (χ2v) is 6.37. The van der Waals surface area contributed by atoms with E-state index >= 15 is 0 Å². The van der Waals surface area contributed by atoms with Crippen LogP contribution >= 0.6 is 0 Å². The van der Waals surface area contributed by atoms with Crippen molar-refractivity contribution in [3.8, 4) is 11.4 Å². The Labute approximate surface area is 149 Å². The van der Waals surface area contributed by atoms with Gasteiger partial charge >= 0.3 is 6.09 Å². The summed E-state index contributed by atoms with van der Waals surface area (Å²) in [5.41, 5.74) is 0.796. The smallest absolute Gasteiger partial charge is 0.410 e. The van der Waals surface area contributed by atoms with E-state index in [0.29, 0.717) is 57.2 Å². The van der Waals surface area contributed by atoms with Gasteiger partial charge in [0.2, 0.25) is 17.6 Å². The molecule has 0 aromatic carbocycles. The van der Waals surface area contributed by atoms with Crippen molar-refractivity contribution in [3.63, 3.8) is 0 Å². The van der Waals surface area contributed by atoms with Gasteiger partial charge in [-0.3, -0.25) is 14.7 Å². The minimum atomic E-state index is -0.275. The lowest BCUT2D eigenvalue weighted by Gasteiger charge is -2.35. The Morgan fingerprint density at radius 3 is 3.12 bits per heavy atom. The first-order valence-electron chi connectivity index (χ1n) is 8.65. The summed E-state index contributed by atoms with van der Waals surface area (Å²) in [6.45, 7) is 1.99. The van der Waals surface area contributed by atoms with Crippen molar-refractivity contribution in [1.82, 2.24) is 24.9 Å². The maximum Gasteiger partial charge on any atom is 0.410 e. The zero-order valence-corrected chi connectivity index (χ0v) is 14.2. The molecule has 0 spiro atoms. The van der Waals surface area contributed by atoms with Crippen LogP contribution in [0.3, 0.4) is 0 Å². The summed E-state index contributed by atoms with van der Waals surface area (Å²) >= 11 is 0. The molecule has 0 N–H and O–H groups in total. The average molecular weight is 357 g/mol. The highest BCUT2D eigenvalue weighted by molar-refractivity contribution is 5.77. The molecule has 0 aliphatic carbocycles. The van der Waals surface area contributed by atoms with Crippen LogP contribution in [0.5, 0.6) is 0 Å². The maximum atomic E-state index is 12.4. The lowest BCUT2D eigenvalue weighted by Crippen LogP contribution is -2.53. The van der Waals surface area contributed by atoms with Crippen molar-refractivity contribution in [1.29, 1.82) is 0 Å². The number of fused-ring (bicyclic) bond motifs is 1. The predicted octanol–water partition coefficient (Wildman–Crippen LogP) is 1.12. The molecule has 26 heavy (non-hydrogen) atoms. The number of piperazine rings is 1. The van der Waals surface area contributed by atoms with Gasteiger partial charge in [-0.15, -0.1) is 0 Å². The first kappa shape index (κ1) is 16.5. The van der Waals surface area contributed by atoms with Crippen molar-refractivity contribution < 1.29 is 18.8 Å². The number of aryl methyl sites for hydroxylation is 1.